The lowest BCUT2D eigenvalue weighted by Gasteiger charge is -2.28. The van der Waals surface area contributed by atoms with Crippen LogP contribution in [0.4, 0.5) is 49.1 Å². The molecule has 0 aromatic heterocycles. The monoisotopic (exact) mass is 1030 g/mol. The number of ether oxygens (including phenoxy) is 1. The third-order valence-corrected chi connectivity index (χ3v) is 9.02. The van der Waals surface area contributed by atoms with E-state index in [4.69, 9.17) is 19.8 Å². The highest BCUT2D eigenvalue weighted by Crippen LogP contribution is 2.28. The van der Waals surface area contributed by atoms with E-state index < -0.39 is 72.1 Å². The number of hydroxylamine groups is 2. The first-order valence-corrected chi connectivity index (χ1v) is 18.8. The van der Waals surface area contributed by atoms with Gasteiger partial charge in [-0.1, -0.05) is 0 Å². The zero-order valence-corrected chi connectivity index (χ0v) is 33.8. The van der Waals surface area contributed by atoms with Crippen molar-refractivity contribution in [2.45, 2.75) is 12.2 Å². The maximum Gasteiger partial charge on any atom is 0.277 e. The summed E-state index contributed by atoms with van der Waals surface area (Å²) in [5.74, 6) is -8.06. The van der Waals surface area contributed by atoms with Gasteiger partial charge in [0.25, 0.3) is 11.8 Å². The minimum Gasteiger partial charge on any atom is -0.394 e. The number of β-amino-alcohol motifs (C(OH)–C–C–N with tert-alkyl or cyclic N) is 1. The normalized spacial score (nSPS) is 13.9. The summed E-state index contributed by atoms with van der Waals surface area (Å²) in [5.41, 5.74) is 3.00. The summed E-state index contributed by atoms with van der Waals surface area (Å²) < 4.78 is 89.2. The molecule has 7 N–H and O–H groups in total. The lowest BCUT2D eigenvalue weighted by Crippen LogP contribution is -2.42. The Bertz CT molecular complexity index is 2020. The van der Waals surface area contributed by atoms with Crippen molar-refractivity contribution in [3.05, 3.63) is 114 Å². The minimum atomic E-state index is -1.28. The molecule has 0 saturated carbocycles. The summed E-state index contributed by atoms with van der Waals surface area (Å²) in [6.45, 7) is 1.66. The quantitative estimate of drug-likeness (QED) is 0.0470. The maximum absolute atomic E-state index is 14.1. The number of aliphatic hydroxyl groups excluding tert-OH is 3. The van der Waals surface area contributed by atoms with Crippen molar-refractivity contribution in [2.24, 2.45) is 0 Å². The molecule has 5 rings (SSSR count). The summed E-state index contributed by atoms with van der Waals surface area (Å²) in [6.07, 6.45) is -2.10. The number of amides is 2. The van der Waals surface area contributed by atoms with Crippen LogP contribution in [0.2, 0.25) is 0 Å². The van der Waals surface area contributed by atoms with Gasteiger partial charge >= 0.3 is 0 Å². The van der Waals surface area contributed by atoms with Crippen molar-refractivity contribution >= 4 is 79.7 Å². The zero-order valence-electron chi connectivity index (χ0n) is 29.4. The summed E-state index contributed by atoms with van der Waals surface area (Å²) in [6, 6.07) is 11.3. The summed E-state index contributed by atoms with van der Waals surface area (Å²) in [5, 5.41) is 33.0. The molecule has 4 aromatic carbocycles. The number of morpholine rings is 1. The number of anilines is 4. The molecule has 1 fully saturated rings. The van der Waals surface area contributed by atoms with E-state index in [0.717, 1.165) is 6.07 Å². The van der Waals surface area contributed by atoms with E-state index in [9.17, 15) is 41.0 Å². The SMILES string of the molecule is O=C(NOCC(O)CN1CCOCC1)c1cc(F)c(F)cc1Nc1ccc(I)cc1F.O=C(NOCC(O)CO)c1cc(F)c(F)cc1Nc1ccc(I)cc1F. The van der Waals surface area contributed by atoms with E-state index >= 15 is 0 Å². The first-order valence-electron chi connectivity index (χ1n) is 16.7. The Hall–Kier alpha value is -3.82. The zero-order chi connectivity index (χ0) is 41.6. The summed E-state index contributed by atoms with van der Waals surface area (Å²) >= 11 is 3.84. The van der Waals surface area contributed by atoms with Gasteiger partial charge < -0.3 is 30.7 Å². The van der Waals surface area contributed by atoms with E-state index in [0.29, 0.717) is 58.2 Å². The average molecular weight is 1030 g/mol. The Morgan fingerprint density at radius 1 is 0.649 bits per heavy atom. The third-order valence-electron chi connectivity index (χ3n) is 7.68. The molecule has 2 atom stereocenters. The molecule has 0 radical (unpaired) electrons. The average Bonchev–Trinajstić information content (AvgIpc) is 3.17. The standard InChI is InChI=1S/C20H21F3IN3O4.C16H14F3IN2O4/c21-15-8-14(19(9-16(15)22)25-18-2-1-12(24)7-17(18)23)20(29)26-31-11-13(28)10-27-3-5-30-6-4-27;17-11-4-10(16(25)22-26-7-9(24)6-23)15(5-12(11)18)21-14-2-1-8(20)3-13(14)19/h1-2,7-9,13,25,28H,3-6,10-11H2,(H,26,29);1-5,9,21,23-24H,6-7H2,(H,22,25). The number of nitrogens with zero attached hydrogens (tertiary/aromatic N) is 1. The number of benzene rings is 4. The Morgan fingerprint density at radius 3 is 1.49 bits per heavy atom. The Balaban J connectivity index is 0.000000257. The number of hydrogen-bond acceptors (Lipinski definition) is 11. The van der Waals surface area contributed by atoms with Crippen LogP contribution >= 0.6 is 45.2 Å². The second-order valence-electron chi connectivity index (χ2n) is 12.0. The van der Waals surface area contributed by atoms with Crippen molar-refractivity contribution in [3.8, 4) is 0 Å². The van der Waals surface area contributed by atoms with Crippen molar-refractivity contribution in [2.75, 3.05) is 63.3 Å². The van der Waals surface area contributed by atoms with Crippen LogP contribution in [0.1, 0.15) is 20.7 Å². The number of rotatable bonds is 15. The molecule has 13 nitrogen and oxygen atoms in total. The van der Waals surface area contributed by atoms with Gasteiger partial charge in [0.15, 0.2) is 23.3 Å². The van der Waals surface area contributed by atoms with Gasteiger partial charge in [-0.25, -0.2) is 37.3 Å². The van der Waals surface area contributed by atoms with Gasteiger partial charge in [-0.3, -0.25) is 24.2 Å². The fourth-order valence-electron chi connectivity index (χ4n) is 4.85. The molecule has 4 aromatic rings. The van der Waals surface area contributed by atoms with E-state index in [1.165, 1.54) is 24.3 Å². The highest BCUT2D eigenvalue weighted by molar-refractivity contribution is 14.1. The van der Waals surface area contributed by atoms with Gasteiger partial charge in [-0.15, -0.1) is 0 Å². The first kappa shape index (κ1) is 45.9. The van der Waals surface area contributed by atoms with Crippen LogP contribution < -0.4 is 21.6 Å². The van der Waals surface area contributed by atoms with Crippen LogP contribution in [0, 0.1) is 42.0 Å². The highest BCUT2D eigenvalue weighted by Gasteiger charge is 2.21. The van der Waals surface area contributed by atoms with E-state index in [-0.39, 0.29) is 40.5 Å². The smallest absolute Gasteiger partial charge is 0.277 e. The van der Waals surface area contributed by atoms with Crippen molar-refractivity contribution in [3.63, 3.8) is 0 Å². The largest absolute Gasteiger partial charge is 0.394 e. The van der Waals surface area contributed by atoms with Crippen LogP contribution in [-0.4, -0.2) is 96.9 Å². The summed E-state index contributed by atoms with van der Waals surface area (Å²) in [7, 11) is 0. The third kappa shape index (κ3) is 14.2. The summed E-state index contributed by atoms with van der Waals surface area (Å²) in [4.78, 5) is 36.3. The number of carbonyl (C=O) groups excluding carboxylic acids is 2. The molecule has 1 aliphatic rings. The predicted molar refractivity (Wildman–Crippen MR) is 211 cm³/mol. The molecule has 1 aliphatic heterocycles. The molecule has 21 heteroatoms. The maximum atomic E-state index is 14.1. The minimum absolute atomic E-state index is 0.0117. The second kappa shape index (κ2) is 22.4. The molecule has 1 saturated heterocycles. The van der Waals surface area contributed by atoms with Crippen LogP contribution in [0.15, 0.2) is 60.7 Å². The van der Waals surface area contributed by atoms with Crippen molar-refractivity contribution in [1.82, 2.24) is 15.9 Å². The first-order chi connectivity index (χ1) is 27.1. The van der Waals surface area contributed by atoms with Crippen molar-refractivity contribution < 1.29 is 65.7 Å². The van der Waals surface area contributed by atoms with Gasteiger partial charge in [0, 0.05) is 38.9 Å². The Morgan fingerprint density at radius 2 is 1.07 bits per heavy atom. The molecule has 2 amide bonds. The van der Waals surface area contributed by atoms with E-state index in [2.05, 4.69) is 21.0 Å². The topological polar surface area (TPSA) is 174 Å². The number of nitrogens with one attached hydrogen (secondary N) is 4. The van der Waals surface area contributed by atoms with Gasteiger partial charge in [0.2, 0.25) is 0 Å². The second-order valence-corrected chi connectivity index (χ2v) is 14.5. The van der Waals surface area contributed by atoms with E-state index in [1.807, 2.05) is 55.6 Å². The molecular weight excluding hydrogens is 998 g/mol. The lowest BCUT2D eigenvalue weighted by molar-refractivity contribution is -0.0363. The molecule has 0 bridgehead atoms. The van der Waals surface area contributed by atoms with Crippen LogP contribution in [0.25, 0.3) is 0 Å². The van der Waals surface area contributed by atoms with Crippen LogP contribution in [-0.2, 0) is 14.4 Å². The van der Waals surface area contributed by atoms with Gasteiger partial charge in [-0.2, -0.15) is 0 Å². The van der Waals surface area contributed by atoms with Crippen LogP contribution in [0.5, 0.6) is 0 Å². The molecule has 1 heterocycles. The number of aliphatic hydroxyl groups is 3. The van der Waals surface area contributed by atoms with E-state index in [1.54, 1.807) is 12.1 Å². The van der Waals surface area contributed by atoms with Crippen LogP contribution in [0.3, 0.4) is 0 Å². The number of carbonyl (C=O) groups is 2. The molecular formula is C36H35F6I2N5O8. The van der Waals surface area contributed by atoms with Gasteiger partial charge in [0.05, 0.1) is 59.8 Å². The number of halogens is 8. The Kier molecular flexibility index (Phi) is 18.0. The number of hydrogen-bond donors (Lipinski definition) is 7. The lowest BCUT2D eigenvalue weighted by atomic mass is 10.1. The van der Waals surface area contributed by atoms with Gasteiger partial charge in [-0.05, 0) is 93.7 Å². The van der Waals surface area contributed by atoms with Gasteiger partial charge in [0.1, 0.15) is 31.0 Å². The molecule has 2 unspecified atom stereocenters. The molecule has 308 valence electrons. The Labute approximate surface area is 348 Å². The van der Waals surface area contributed by atoms with Crippen molar-refractivity contribution in [1.29, 1.82) is 0 Å². The molecule has 0 aliphatic carbocycles. The molecule has 0 spiro atoms. The fraction of sp³-hybridized carbons (Fsp3) is 0.278. The molecule has 57 heavy (non-hydrogen) atoms. The fourth-order valence-corrected chi connectivity index (χ4v) is 5.76. The predicted octanol–water partition coefficient (Wildman–Crippen LogP) is 5.27. The highest BCUT2D eigenvalue weighted by atomic mass is 127.